The number of furan rings is 1. The number of nitrogens with one attached hydrogen (secondary N) is 1. The minimum Gasteiger partial charge on any atom is -0.494 e. The summed E-state index contributed by atoms with van der Waals surface area (Å²) in [6.45, 7) is 2.04. The van der Waals surface area contributed by atoms with E-state index in [4.69, 9.17) is 9.15 Å². The average molecular weight is 249 g/mol. The molecule has 0 amide bonds. The van der Waals surface area contributed by atoms with Gasteiger partial charge in [0.2, 0.25) is 0 Å². The van der Waals surface area contributed by atoms with Gasteiger partial charge < -0.3 is 14.5 Å². The van der Waals surface area contributed by atoms with E-state index in [1.54, 1.807) is 18.4 Å². The van der Waals surface area contributed by atoms with E-state index in [9.17, 15) is 4.39 Å². The van der Waals surface area contributed by atoms with Crippen molar-refractivity contribution >= 4 is 5.69 Å². The lowest BCUT2D eigenvalue weighted by Gasteiger charge is -2.14. The summed E-state index contributed by atoms with van der Waals surface area (Å²) in [5.74, 6) is 0.802. The van der Waals surface area contributed by atoms with E-state index in [1.165, 1.54) is 13.2 Å². The molecule has 2 rings (SSSR count). The molecule has 2 aromatic rings. The first-order valence-electron chi connectivity index (χ1n) is 5.81. The second-order valence-corrected chi connectivity index (χ2v) is 4.18. The van der Waals surface area contributed by atoms with Crippen LogP contribution in [0.3, 0.4) is 0 Å². The van der Waals surface area contributed by atoms with Crippen LogP contribution in [0.15, 0.2) is 41.0 Å². The van der Waals surface area contributed by atoms with Crippen molar-refractivity contribution in [2.45, 2.75) is 19.4 Å². The molecular weight excluding hydrogens is 233 g/mol. The first-order chi connectivity index (χ1) is 8.69. The molecule has 4 heteroatoms. The fraction of sp³-hybridized carbons (Fsp3) is 0.286. The fourth-order valence-corrected chi connectivity index (χ4v) is 1.82. The van der Waals surface area contributed by atoms with Gasteiger partial charge in [0.25, 0.3) is 0 Å². The van der Waals surface area contributed by atoms with Crippen molar-refractivity contribution in [3.63, 3.8) is 0 Å². The molecule has 1 unspecified atom stereocenters. The molecule has 0 aliphatic heterocycles. The first kappa shape index (κ1) is 12.5. The molecule has 1 aromatic carbocycles. The van der Waals surface area contributed by atoms with Crippen molar-refractivity contribution in [1.29, 1.82) is 0 Å². The van der Waals surface area contributed by atoms with E-state index in [1.807, 2.05) is 19.1 Å². The highest BCUT2D eigenvalue weighted by Crippen LogP contribution is 2.22. The van der Waals surface area contributed by atoms with E-state index >= 15 is 0 Å². The van der Waals surface area contributed by atoms with Gasteiger partial charge in [-0.05, 0) is 31.2 Å². The number of rotatable bonds is 5. The highest BCUT2D eigenvalue weighted by Gasteiger charge is 2.08. The number of halogens is 1. The molecule has 1 heterocycles. The summed E-state index contributed by atoms with van der Waals surface area (Å²) in [7, 11) is 1.45. The standard InChI is InChI=1S/C14H16FNO2/c1-10(8-12-4-3-7-18-12)16-11-5-6-13(15)14(9-11)17-2/h3-7,9-10,16H,8H2,1-2H3. The van der Waals surface area contributed by atoms with Gasteiger partial charge >= 0.3 is 0 Å². The quantitative estimate of drug-likeness (QED) is 0.881. The van der Waals surface area contributed by atoms with Crippen molar-refractivity contribution in [2.75, 3.05) is 12.4 Å². The Kier molecular flexibility index (Phi) is 3.87. The number of benzene rings is 1. The van der Waals surface area contributed by atoms with Crippen molar-refractivity contribution in [3.05, 3.63) is 48.2 Å². The molecule has 0 fully saturated rings. The molecule has 96 valence electrons. The zero-order valence-electron chi connectivity index (χ0n) is 10.4. The lowest BCUT2D eigenvalue weighted by molar-refractivity contribution is 0.386. The molecule has 1 aromatic heterocycles. The summed E-state index contributed by atoms with van der Waals surface area (Å²) in [4.78, 5) is 0. The Morgan fingerprint density at radius 3 is 2.89 bits per heavy atom. The van der Waals surface area contributed by atoms with Crippen LogP contribution in [0.2, 0.25) is 0 Å². The molecule has 1 N–H and O–H groups in total. The van der Waals surface area contributed by atoms with E-state index in [0.29, 0.717) is 0 Å². The third-order valence-corrected chi connectivity index (χ3v) is 2.65. The van der Waals surface area contributed by atoms with Gasteiger partial charge in [-0.3, -0.25) is 0 Å². The highest BCUT2D eigenvalue weighted by atomic mass is 19.1. The molecule has 18 heavy (non-hydrogen) atoms. The Morgan fingerprint density at radius 1 is 1.39 bits per heavy atom. The van der Waals surface area contributed by atoms with Gasteiger partial charge in [-0.25, -0.2) is 4.39 Å². The Bertz CT molecular complexity index is 497. The summed E-state index contributed by atoms with van der Waals surface area (Å²) < 4.78 is 23.5. The first-order valence-corrected chi connectivity index (χ1v) is 5.81. The van der Waals surface area contributed by atoms with E-state index < -0.39 is 0 Å². The summed E-state index contributed by atoms with van der Waals surface area (Å²) in [5.41, 5.74) is 0.826. The number of methoxy groups -OCH3 is 1. The molecule has 0 aliphatic carbocycles. The van der Waals surface area contributed by atoms with Gasteiger partial charge in [0.15, 0.2) is 11.6 Å². The van der Waals surface area contributed by atoms with Crippen LogP contribution < -0.4 is 10.1 Å². The van der Waals surface area contributed by atoms with Crippen LogP contribution in [0.5, 0.6) is 5.75 Å². The van der Waals surface area contributed by atoms with Crippen LogP contribution in [-0.2, 0) is 6.42 Å². The van der Waals surface area contributed by atoms with Crippen LogP contribution in [0.25, 0.3) is 0 Å². The second kappa shape index (κ2) is 5.58. The number of anilines is 1. The van der Waals surface area contributed by atoms with Crippen molar-refractivity contribution in [2.24, 2.45) is 0 Å². The fourth-order valence-electron chi connectivity index (χ4n) is 1.82. The monoisotopic (exact) mass is 249 g/mol. The Hall–Kier alpha value is -1.97. The number of hydrogen-bond donors (Lipinski definition) is 1. The lowest BCUT2D eigenvalue weighted by atomic mass is 10.2. The maximum Gasteiger partial charge on any atom is 0.165 e. The smallest absolute Gasteiger partial charge is 0.165 e. The third-order valence-electron chi connectivity index (χ3n) is 2.65. The van der Waals surface area contributed by atoms with Crippen molar-refractivity contribution in [1.82, 2.24) is 0 Å². The van der Waals surface area contributed by atoms with Crippen LogP contribution in [-0.4, -0.2) is 13.2 Å². The van der Waals surface area contributed by atoms with Gasteiger partial charge in [-0.2, -0.15) is 0 Å². The summed E-state index contributed by atoms with van der Waals surface area (Å²) >= 11 is 0. The maximum absolute atomic E-state index is 13.2. The number of ether oxygens (including phenoxy) is 1. The molecule has 0 saturated carbocycles. The molecule has 0 spiro atoms. The molecule has 1 atom stereocenters. The number of hydrogen-bond acceptors (Lipinski definition) is 3. The van der Waals surface area contributed by atoms with Gasteiger partial charge in [0, 0.05) is 24.2 Å². The van der Waals surface area contributed by atoms with E-state index in [2.05, 4.69) is 5.32 Å². The Labute approximate surface area is 106 Å². The van der Waals surface area contributed by atoms with E-state index in [0.717, 1.165) is 17.9 Å². The minimum atomic E-state index is -0.360. The highest BCUT2D eigenvalue weighted by molar-refractivity contribution is 5.49. The van der Waals surface area contributed by atoms with Crippen LogP contribution >= 0.6 is 0 Å². The van der Waals surface area contributed by atoms with Crippen LogP contribution in [0.4, 0.5) is 10.1 Å². The predicted octanol–water partition coefficient (Wildman–Crippen LogP) is 3.47. The summed E-state index contributed by atoms with van der Waals surface area (Å²) in [6, 6.07) is 8.71. The summed E-state index contributed by atoms with van der Waals surface area (Å²) in [6.07, 6.45) is 2.43. The minimum absolute atomic E-state index is 0.186. The van der Waals surface area contributed by atoms with Crippen LogP contribution in [0.1, 0.15) is 12.7 Å². The van der Waals surface area contributed by atoms with Gasteiger partial charge in [-0.1, -0.05) is 0 Å². The molecular formula is C14H16FNO2. The normalized spacial score (nSPS) is 12.2. The predicted molar refractivity (Wildman–Crippen MR) is 68.4 cm³/mol. The van der Waals surface area contributed by atoms with Crippen molar-refractivity contribution in [3.8, 4) is 5.75 Å². The molecule has 0 aliphatic rings. The lowest BCUT2D eigenvalue weighted by Crippen LogP contribution is -2.17. The Morgan fingerprint density at radius 2 is 2.22 bits per heavy atom. The maximum atomic E-state index is 13.2. The van der Waals surface area contributed by atoms with Gasteiger partial charge in [0.05, 0.1) is 13.4 Å². The molecule has 3 nitrogen and oxygen atoms in total. The SMILES string of the molecule is COc1cc(NC(C)Cc2ccco2)ccc1F. The molecule has 0 bridgehead atoms. The molecule has 0 saturated heterocycles. The van der Waals surface area contributed by atoms with Gasteiger partial charge in [-0.15, -0.1) is 0 Å². The summed E-state index contributed by atoms with van der Waals surface area (Å²) in [5, 5.41) is 3.28. The molecule has 0 radical (unpaired) electrons. The van der Waals surface area contributed by atoms with Crippen LogP contribution in [0, 0.1) is 5.82 Å². The van der Waals surface area contributed by atoms with E-state index in [-0.39, 0.29) is 17.6 Å². The third kappa shape index (κ3) is 3.03. The second-order valence-electron chi connectivity index (χ2n) is 4.18. The zero-order valence-corrected chi connectivity index (χ0v) is 10.4. The average Bonchev–Trinajstić information content (AvgIpc) is 2.84. The topological polar surface area (TPSA) is 34.4 Å². The Balaban J connectivity index is 2.00. The van der Waals surface area contributed by atoms with Gasteiger partial charge in [0.1, 0.15) is 5.76 Å². The zero-order chi connectivity index (χ0) is 13.0. The van der Waals surface area contributed by atoms with Crippen molar-refractivity contribution < 1.29 is 13.5 Å². The largest absolute Gasteiger partial charge is 0.494 e.